The van der Waals surface area contributed by atoms with E-state index in [0.29, 0.717) is 29.2 Å². The predicted molar refractivity (Wildman–Crippen MR) is 93.0 cm³/mol. The fraction of sp³-hybridized carbons (Fsp3) is 0.353. The number of ether oxygens (including phenoxy) is 1. The Hall–Kier alpha value is -3.03. The number of amides is 2. The number of nitrogens with one attached hydrogen (secondary N) is 2. The van der Waals surface area contributed by atoms with Gasteiger partial charge in [-0.3, -0.25) is 9.59 Å². The summed E-state index contributed by atoms with van der Waals surface area (Å²) in [6.45, 7) is 1.92. The van der Waals surface area contributed by atoms with Gasteiger partial charge in [0.25, 0.3) is 5.91 Å². The summed E-state index contributed by atoms with van der Waals surface area (Å²) in [7, 11) is 4.55. The lowest BCUT2D eigenvalue weighted by Gasteiger charge is -2.05. The number of carbonyl (C=O) groups is 3. The Balaban J connectivity index is 2.45. The van der Waals surface area contributed by atoms with Gasteiger partial charge in [0.15, 0.2) is 0 Å². The van der Waals surface area contributed by atoms with Crippen LogP contribution in [0.2, 0.25) is 0 Å². The molecule has 25 heavy (non-hydrogen) atoms. The summed E-state index contributed by atoms with van der Waals surface area (Å²) < 4.78 is 7.98. The average Bonchev–Trinajstić information content (AvgIpc) is 3.17. The van der Waals surface area contributed by atoms with E-state index >= 15 is 0 Å². The molecule has 0 unspecified atom stereocenters. The monoisotopic (exact) mass is 346 g/mol. The van der Waals surface area contributed by atoms with Crippen molar-refractivity contribution < 1.29 is 19.1 Å². The summed E-state index contributed by atoms with van der Waals surface area (Å²) in [5.74, 6) is -0.898. The van der Waals surface area contributed by atoms with E-state index in [1.807, 2.05) is 6.92 Å². The van der Waals surface area contributed by atoms with Crippen molar-refractivity contribution in [2.75, 3.05) is 19.5 Å². The first-order valence-corrected chi connectivity index (χ1v) is 7.90. The topological polar surface area (TPSA) is 94.4 Å². The van der Waals surface area contributed by atoms with E-state index in [1.165, 1.54) is 14.2 Å². The Morgan fingerprint density at radius 1 is 1.16 bits per heavy atom. The van der Waals surface area contributed by atoms with Gasteiger partial charge in [-0.1, -0.05) is 6.92 Å². The molecule has 8 nitrogen and oxygen atoms in total. The van der Waals surface area contributed by atoms with Gasteiger partial charge in [0.2, 0.25) is 5.91 Å². The summed E-state index contributed by atoms with van der Waals surface area (Å²) in [6.07, 6.45) is 4.49. The number of hydrogen-bond acceptors (Lipinski definition) is 4. The molecule has 2 aromatic rings. The summed E-state index contributed by atoms with van der Waals surface area (Å²) in [4.78, 5) is 35.8. The van der Waals surface area contributed by atoms with Crippen LogP contribution in [-0.2, 0) is 16.6 Å². The molecule has 0 saturated carbocycles. The summed E-state index contributed by atoms with van der Waals surface area (Å²) in [6, 6.07) is 3.22. The zero-order chi connectivity index (χ0) is 18.6. The summed E-state index contributed by atoms with van der Waals surface area (Å²) in [5, 5.41) is 5.34. The molecule has 0 bridgehead atoms. The second-order valence-corrected chi connectivity index (χ2v) is 5.55. The maximum Gasteiger partial charge on any atom is 0.354 e. The molecule has 0 aliphatic rings. The van der Waals surface area contributed by atoms with Gasteiger partial charge in [-0.05, 0) is 18.6 Å². The van der Waals surface area contributed by atoms with E-state index in [9.17, 15) is 14.4 Å². The molecule has 8 heteroatoms. The Morgan fingerprint density at radius 2 is 1.88 bits per heavy atom. The lowest BCUT2D eigenvalue weighted by molar-refractivity contribution is -0.116. The van der Waals surface area contributed by atoms with E-state index in [4.69, 9.17) is 4.74 Å². The first-order chi connectivity index (χ1) is 11.9. The molecular weight excluding hydrogens is 324 g/mol. The van der Waals surface area contributed by atoms with Crippen molar-refractivity contribution in [1.29, 1.82) is 0 Å². The Morgan fingerprint density at radius 3 is 2.48 bits per heavy atom. The van der Waals surface area contributed by atoms with E-state index in [0.717, 1.165) is 6.42 Å². The number of methoxy groups -OCH3 is 1. The molecule has 0 fully saturated rings. The molecule has 0 aromatic carbocycles. The standard InChI is InChI=1S/C17H22N4O4/c1-5-6-15(22)19-11-7-13(16(23)18-2)21(9-11)12-8-14(17(24)25-4)20(3)10-12/h7-10H,5-6H2,1-4H3,(H,18,23)(H,19,22). The number of aromatic nitrogens is 2. The number of hydrogen-bond donors (Lipinski definition) is 2. The van der Waals surface area contributed by atoms with Crippen molar-refractivity contribution in [2.24, 2.45) is 7.05 Å². The minimum atomic E-state index is -0.473. The number of nitrogens with zero attached hydrogens (tertiary/aromatic N) is 2. The third kappa shape index (κ3) is 3.90. The first-order valence-electron chi connectivity index (χ1n) is 7.90. The van der Waals surface area contributed by atoms with Gasteiger partial charge in [0.05, 0.1) is 18.5 Å². The Kier molecular flexibility index (Phi) is 5.63. The highest BCUT2D eigenvalue weighted by Gasteiger charge is 2.18. The van der Waals surface area contributed by atoms with Gasteiger partial charge in [-0.15, -0.1) is 0 Å². The van der Waals surface area contributed by atoms with Crippen LogP contribution >= 0.6 is 0 Å². The van der Waals surface area contributed by atoms with Crippen LogP contribution in [0.1, 0.15) is 40.7 Å². The third-order valence-electron chi connectivity index (χ3n) is 3.70. The van der Waals surface area contributed by atoms with Gasteiger partial charge >= 0.3 is 5.97 Å². The molecule has 0 spiro atoms. The van der Waals surface area contributed by atoms with Crippen molar-refractivity contribution in [3.05, 3.63) is 35.9 Å². The number of anilines is 1. The van der Waals surface area contributed by atoms with Crippen molar-refractivity contribution in [1.82, 2.24) is 14.5 Å². The molecule has 2 amide bonds. The second-order valence-electron chi connectivity index (χ2n) is 5.55. The van der Waals surface area contributed by atoms with Crippen LogP contribution in [0.15, 0.2) is 24.5 Å². The van der Waals surface area contributed by atoms with Crippen molar-refractivity contribution in [2.45, 2.75) is 19.8 Å². The predicted octanol–water partition coefficient (Wildman–Crippen LogP) is 1.70. The van der Waals surface area contributed by atoms with Crippen LogP contribution < -0.4 is 10.6 Å². The minimum absolute atomic E-state index is 0.119. The highest BCUT2D eigenvalue weighted by Crippen LogP contribution is 2.22. The highest BCUT2D eigenvalue weighted by atomic mass is 16.5. The van der Waals surface area contributed by atoms with Crippen LogP contribution in [-0.4, -0.2) is 41.1 Å². The number of carbonyl (C=O) groups excluding carboxylic acids is 3. The fourth-order valence-corrected chi connectivity index (χ4v) is 2.48. The van der Waals surface area contributed by atoms with E-state index in [2.05, 4.69) is 10.6 Å². The third-order valence-corrected chi connectivity index (χ3v) is 3.70. The maximum atomic E-state index is 12.2. The van der Waals surface area contributed by atoms with Crippen molar-refractivity contribution in [3.63, 3.8) is 0 Å². The molecule has 2 heterocycles. The number of esters is 1. The summed E-state index contributed by atoms with van der Waals surface area (Å²) in [5.41, 5.74) is 1.82. The molecule has 2 rings (SSSR count). The first kappa shape index (κ1) is 18.3. The molecular formula is C17H22N4O4. The van der Waals surface area contributed by atoms with Crippen LogP contribution in [0, 0.1) is 0 Å². The summed E-state index contributed by atoms with van der Waals surface area (Å²) >= 11 is 0. The van der Waals surface area contributed by atoms with E-state index in [1.54, 1.807) is 40.7 Å². The second kappa shape index (κ2) is 7.69. The van der Waals surface area contributed by atoms with Crippen LogP contribution in [0.25, 0.3) is 5.69 Å². The van der Waals surface area contributed by atoms with Crippen LogP contribution in [0.3, 0.4) is 0 Å². The average molecular weight is 346 g/mol. The molecule has 0 aliphatic carbocycles. The van der Waals surface area contributed by atoms with Gasteiger partial charge < -0.3 is 24.5 Å². The molecule has 0 aliphatic heterocycles. The zero-order valence-electron chi connectivity index (χ0n) is 14.8. The molecule has 0 saturated heterocycles. The largest absolute Gasteiger partial charge is 0.464 e. The molecule has 0 radical (unpaired) electrons. The molecule has 0 atom stereocenters. The van der Waals surface area contributed by atoms with Crippen LogP contribution in [0.4, 0.5) is 5.69 Å². The van der Waals surface area contributed by atoms with Gasteiger partial charge in [0, 0.05) is 32.9 Å². The Labute approximate surface area is 145 Å². The lowest BCUT2D eigenvalue weighted by atomic mass is 10.3. The molecule has 134 valence electrons. The van der Waals surface area contributed by atoms with Gasteiger partial charge in [0.1, 0.15) is 11.4 Å². The van der Waals surface area contributed by atoms with Crippen molar-refractivity contribution >= 4 is 23.5 Å². The number of rotatable bonds is 6. The highest BCUT2D eigenvalue weighted by molar-refractivity contribution is 5.97. The van der Waals surface area contributed by atoms with Gasteiger partial charge in [-0.25, -0.2) is 4.79 Å². The Bertz CT molecular complexity index is 804. The quantitative estimate of drug-likeness (QED) is 0.779. The smallest absolute Gasteiger partial charge is 0.354 e. The maximum absolute atomic E-state index is 12.2. The number of aryl methyl sites for hydroxylation is 1. The van der Waals surface area contributed by atoms with E-state index in [-0.39, 0.29) is 11.8 Å². The SMILES string of the molecule is CCCC(=O)Nc1cc(C(=O)NC)n(-c2cc(C(=O)OC)n(C)c2)c1. The minimum Gasteiger partial charge on any atom is -0.464 e. The lowest BCUT2D eigenvalue weighted by Crippen LogP contribution is -2.20. The van der Waals surface area contributed by atoms with Crippen LogP contribution in [0.5, 0.6) is 0 Å². The van der Waals surface area contributed by atoms with Crippen molar-refractivity contribution in [3.8, 4) is 5.69 Å². The zero-order valence-corrected chi connectivity index (χ0v) is 14.8. The molecule has 2 aromatic heterocycles. The van der Waals surface area contributed by atoms with Gasteiger partial charge in [-0.2, -0.15) is 0 Å². The molecule has 2 N–H and O–H groups in total. The van der Waals surface area contributed by atoms with E-state index < -0.39 is 5.97 Å². The normalized spacial score (nSPS) is 10.4. The fourth-order valence-electron chi connectivity index (χ4n) is 2.48.